The Kier molecular flexibility index (Phi) is 6.63. The minimum Gasteiger partial charge on any atom is -0.343 e. The van der Waals surface area contributed by atoms with Crippen molar-refractivity contribution in [3.8, 4) is 0 Å². The molecule has 23 heavy (non-hydrogen) atoms. The van der Waals surface area contributed by atoms with Crippen LogP contribution in [0, 0.1) is 0 Å². The lowest BCUT2D eigenvalue weighted by molar-refractivity contribution is 0.145. The molecule has 2 aliphatic heterocycles. The van der Waals surface area contributed by atoms with E-state index in [4.69, 9.17) is 0 Å². The molecule has 1 saturated heterocycles. The van der Waals surface area contributed by atoms with Gasteiger partial charge in [0.25, 0.3) is 0 Å². The van der Waals surface area contributed by atoms with Crippen LogP contribution >= 0.6 is 0 Å². The van der Waals surface area contributed by atoms with Gasteiger partial charge in [-0.2, -0.15) is 0 Å². The van der Waals surface area contributed by atoms with E-state index in [0.29, 0.717) is 19.3 Å². The lowest BCUT2D eigenvalue weighted by Crippen LogP contribution is -2.51. The van der Waals surface area contributed by atoms with Gasteiger partial charge >= 0.3 is 0 Å². The SMILES string of the molecule is CC(C)S(=O)(=O)NC1=NCN(CCCN2CCN(C)CC2)CN1. The topological polar surface area (TPSA) is 80.3 Å². The van der Waals surface area contributed by atoms with Crippen LogP contribution in [0.1, 0.15) is 20.3 Å². The summed E-state index contributed by atoms with van der Waals surface area (Å²) >= 11 is 0. The van der Waals surface area contributed by atoms with Crippen molar-refractivity contribution in [3.63, 3.8) is 0 Å². The standard InChI is InChI=1S/C14H30N6O2S/c1-13(2)23(21,22)17-14-15-11-20(12-16-14)6-4-5-19-9-7-18(3)8-10-19/h13H,4-12H2,1-3H3,(H2,15,16,17). The fourth-order valence-corrected chi connectivity index (χ4v) is 3.17. The third-order valence-electron chi connectivity index (χ3n) is 4.30. The lowest BCUT2D eigenvalue weighted by Gasteiger charge is -2.33. The van der Waals surface area contributed by atoms with E-state index >= 15 is 0 Å². The van der Waals surface area contributed by atoms with Crippen molar-refractivity contribution in [2.24, 2.45) is 4.99 Å². The maximum atomic E-state index is 11.8. The number of sulfonamides is 1. The smallest absolute Gasteiger partial charge is 0.237 e. The van der Waals surface area contributed by atoms with E-state index in [1.54, 1.807) is 13.8 Å². The average molecular weight is 347 g/mol. The Balaban J connectivity index is 1.66. The zero-order chi connectivity index (χ0) is 16.9. The summed E-state index contributed by atoms with van der Waals surface area (Å²) in [7, 11) is -1.16. The molecule has 0 atom stereocenters. The number of likely N-dealkylation sites (N-methyl/N-ethyl adjacent to an activating group) is 1. The summed E-state index contributed by atoms with van der Waals surface area (Å²) < 4.78 is 26.1. The molecule has 0 aliphatic carbocycles. The molecule has 0 spiro atoms. The molecule has 2 heterocycles. The van der Waals surface area contributed by atoms with E-state index in [0.717, 1.165) is 45.7 Å². The van der Waals surface area contributed by atoms with Crippen molar-refractivity contribution in [2.45, 2.75) is 25.5 Å². The van der Waals surface area contributed by atoms with E-state index in [2.05, 4.69) is 36.8 Å². The average Bonchev–Trinajstić information content (AvgIpc) is 2.50. The Morgan fingerprint density at radius 3 is 2.39 bits per heavy atom. The summed E-state index contributed by atoms with van der Waals surface area (Å²) in [6, 6.07) is 0. The molecule has 0 unspecified atom stereocenters. The summed E-state index contributed by atoms with van der Waals surface area (Å²) in [4.78, 5) is 11.3. The highest BCUT2D eigenvalue weighted by Gasteiger charge is 2.20. The number of rotatable bonds is 6. The summed E-state index contributed by atoms with van der Waals surface area (Å²) in [6.07, 6.45) is 1.11. The number of aliphatic imine (C=N–C) groups is 1. The second-order valence-electron chi connectivity index (χ2n) is 6.57. The first-order valence-electron chi connectivity index (χ1n) is 8.30. The summed E-state index contributed by atoms with van der Waals surface area (Å²) in [5.74, 6) is 0.356. The highest BCUT2D eigenvalue weighted by Crippen LogP contribution is 2.03. The summed E-state index contributed by atoms with van der Waals surface area (Å²) in [5, 5.41) is 2.58. The molecule has 0 saturated carbocycles. The maximum absolute atomic E-state index is 11.8. The van der Waals surface area contributed by atoms with Crippen molar-refractivity contribution in [1.82, 2.24) is 24.7 Å². The van der Waals surface area contributed by atoms with Crippen LogP contribution in [0.25, 0.3) is 0 Å². The number of piperazine rings is 1. The molecule has 0 aromatic heterocycles. The first-order valence-corrected chi connectivity index (χ1v) is 9.84. The molecule has 8 nitrogen and oxygen atoms in total. The van der Waals surface area contributed by atoms with E-state index in [1.807, 2.05) is 0 Å². The molecule has 0 aromatic rings. The van der Waals surface area contributed by atoms with Crippen molar-refractivity contribution >= 4 is 16.0 Å². The largest absolute Gasteiger partial charge is 0.343 e. The van der Waals surface area contributed by atoms with Crippen LogP contribution in [0.5, 0.6) is 0 Å². The Labute approximate surface area is 140 Å². The molecule has 0 amide bonds. The molecule has 0 bridgehead atoms. The molecule has 0 radical (unpaired) electrons. The van der Waals surface area contributed by atoms with E-state index in [1.165, 1.54) is 0 Å². The molecule has 134 valence electrons. The molecule has 2 N–H and O–H groups in total. The summed E-state index contributed by atoms with van der Waals surface area (Å²) in [6.45, 7) is 11.1. The van der Waals surface area contributed by atoms with Gasteiger partial charge in [-0.25, -0.2) is 13.4 Å². The van der Waals surface area contributed by atoms with Crippen LogP contribution < -0.4 is 10.0 Å². The van der Waals surface area contributed by atoms with Crippen LogP contribution in [-0.2, 0) is 10.0 Å². The van der Waals surface area contributed by atoms with Gasteiger partial charge in [-0.1, -0.05) is 0 Å². The normalized spacial score (nSPS) is 22.0. The van der Waals surface area contributed by atoms with Gasteiger partial charge < -0.3 is 15.1 Å². The number of hydrogen-bond acceptors (Lipinski definition) is 7. The number of nitrogens with one attached hydrogen (secondary N) is 2. The van der Waals surface area contributed by atoms with Gasteiger partial charge in [-0.05, 0) is 33.9 Å². The van der Waals surface area contributed by atoms with Crippen LogP contribution in [0.3, 0.4) is 0 Å². The first-order chi connectivity index (χ1) is 10.9. The molecule has 0 aromatic carbocycles. The molecular weight excluding hydrogens is 316 g/mol. The van der Waals surface area contributed by atoms with Crippen LogP contribution in [0.4, 0.5) is 0 Å². The Hall–Kier alpha value is -0.900. The first kappa shape index (κ1) is 18.4. The van der Waals surface area contributed by atoms with Crippen molar-refractivity contribution in [3.05, 3.63) is 0 Å². The molecule has 2 aliphatic rings. The zero-order valence-corrected chi connectivity index (χ0v) is 15.3. The predicted octanol–water partition coefficient (Wildman–Crippen LogP) is -0.872. The van der Waals surface area contributed by atoms with Gasteiger partial charge in [0.15, 0.2) is 0 Å². The second-order valence-corrected chi connectivity index (χ2v) is 8.81. The van der Waals surface area contributed by atoms with Gasteiger partial charge in [0, 0.05) is 32.7 Å². The molecule has 1 fully saturated rings. The fraction of sp³-hybridized carbons (Fsp3) is 0.929. The van der Waals surface area contributed by atoms with Crippen LogP contribution in [-0.4, -0.2) is 94.0 Å². The van der Waals surface area contributed by atoms with E-state index < -0.39 is 15.3 Å². The molecule has 2 rings (SSSR count). The maximum Gasteiger partial charge on any atom is 0.237 e. The second kappa shape index (κ2) is 8.27. The lowest BCUT2D eigenvalue weighted by atomic mass is 10.3. The van der Waals surface area contributed by atoms with Gasteiger partial charge in [0.1, 0.15) is 0 Å². The number of nitrogens with zero attached hydrogens (tertiary/aromatic N) is 4. The Morgan fingerprint density at radius 2 is 1.83 bits per heavy atom. The fourth-order valence-electron chi connectivity index (χ4n) is 2.52. The zero-order valence-electron chi connectivity index (χ0n) is 14.5. The Bertz CT molecular complexity index is 499. The van der Waals surface area contributed by atoms with E-state index in [9.17, 15) is 8.42 Å². The monoisotopic (exact) mass is 346 g/mol. The third-order valence-corrected chi connectivity index (χ3v) is 6.02. The Morgan fingerprint density at radius 1 is 1.17 bits per heavy atom. The van der Waals surface area contributed by atoms with Crippen LogP contribution in [0.15, 0.2) is 4.99 Å². The quantitative estimate of drug-likeness (QED) is 0.651. The molecule has 9 heteroatoms. The van der Waals surface area contributed by atoms with Gasteiger partial charge in [-0.15, -0.1) is 0 Å². The van der Waals surface area contributed by atoms with Gasteiger partial charge in [-0.3, -0.25) is 9.62 Å². The van der Waals surface area contributed by atoms with Crippen LogP contribution in [0.2, 0.25) is 0 Å². The molecular formula is C14H30N6O2S. The highest BCUT2D eigenvalue weighted by molar-refractivity contribution is 7.90. The summed E-state index contributed by atoms with van der Waals surface area (Å²) in [5.41, 5.74) is 0. The highest BCUT2D eigenvalue weighted by atomic mass is 32.2. The van der Waals surface area contributed by atoms with Crippen molar-refractivity contribution in [2.75, 3.05) is 59.7 Å². The minimum atomic E-state index is -3.32. The van der Waals surface area contributed by atoms with Crippen molar-refractivity contribution in [1.29, 1.82) is 0 Å². The minimum absolute atomic E-state index is 0.356. The predicted molar refractivity (Wildman–Crippen MR) is 92.8 cm³/mol. The van der Waals surface area contributed by atoms with E-state index in [-0.39, 0.29) is 0 Å². The number of hydrogen-bond donors (Lipinski definition) is 2. The van der Waals surface area contributed by atoms with Gasteiger partial charge in [0.2, 0.25) is 16.0 Å². The van der Waals surface area contributed by atoms with Gasteiger partial charge in [0.05, 0.1) is 18.6 Å². The number of guanidine groups is 1. The third kappa shape index (κ3) is 5.91. The van der Waals surface area contributed by atoms with Crippen molar-refractivity contribution < 1.29 is 8.42 Å².